The van der Waals surface area contributed by atoms with Crippen LogP contribution in [0.5, 0.6) is 0 Å². The van der Waals surface area contributed by atoms with Gasteiger partial charge in [0.25, 0.3) is 5.91 Å². The number of rotatable bonds is 8. The number of carbonyl (C=O) groups is 2. The summed E-state index contributed by atoms with van der Waals surface area (Å²) in [5, 5.41) is 1.80. The minimum atomic E-state index is -3.65. The van der Waals surface area contributed by atoms with E-state index in [-0.39, 0.29) is 36.8 Å². The van der Waals surface area contributed by atoms with Crippen LogP contribution in [0.25, 0.3) is 10.8 Å². The topological polar surface area (TPSA) is 92.8 Å². The van der Waals surface area contributed by atoms with Gasteiger partial charge in [-0.05, 0) is 29.3 Å². The van der Waals surface area contributed by atoms with Gasteiger partial charge in [0.1, 0.15) is 0 Å². The van der Waals surface area contributed by atoms with Crippen molar-refractivity contribution in [3.8, 4) is 0 Å². The molecular weight excluding hydrogens is 356 g/mol. The Labute approximate surface area is 153 Å². The summed E-state index contributed by atoms with van der Waals surface area (Å²) in [5.41, 5.74) is 0. The molecule has 2 aromatic carbocycles. The molecule has 0 aliphatic carbocycles. The first-order valence-corrected chi connectivity index (χ1v) is 9.62. The molecule has 0 bridgehead atoms. The smallest absolute Gasteiger partial charge is 0.306 e. The van der Waals surface area contributed by atoms with Crippen LogP contribution in [0, 0.1) is 0 Å². The van der Waals surface area contributed by atoms with Gasteiger partial charge in [-0.25, -0.2) is 13.1 Å². The Kier molecular flexibility index (Phi) is 6.70. The summed E-state index contributed by atoms with van der Waals surface area (Å²) >= 11 is 0. The summed E-state index contributed by atoms with van der Waals surface area (Å²) in [6.07, 6.45) is 0.308. The van der Waals surface area contributed by atoms with E-state index >= 15 is 0 Å². The van der Waals surface area contributed by atoms with E-state index in [2.05, 4.69) is 4.72 Å². The molecule has 140 valence electrons. The molecule has 7 nitrogen and oxygen atoms in total. The van der Waals surface area contributed by atoms with Gasteiger partial charge in [-0.15, -0.1) is 0 Å². The van der Waals surface area contributed by atoms with Crippen LogP contribution in [0.3, 0.4) is 0 Å². The molecule has 0 atom stereocenters. The number of benzene rings is 2. The second-order valence-electron chi connectivity index (χ2n) is 5.96. The third kappa shape index (κ3) is 5.53. The van der Waals surface area contributed by atoms with Crippen LogP contribution in [-0.4, -0.2) is 52.4 Å². The van der Waals surface area contributed by atoms with E-state index < -0.39 is 16.0 Å². The summed E-state index contributed by atoms with van der Waals surface area (Å²) < 4.78 is 32.0. The quantitative estimate of drug-likeness (QED) is 0.555. The van der Waals surface area contributed by atoms with E-state index in [1.807, 2.05) is 24.3 Å². The maximum absolute atomic E-state index is 12.3. The molecule has 0 spiro atoms. The van der Waals surface area contributed by atoms with Crippen molar-refractivity contribution in [1.29, 1.82) is 0 Å². The van der Waals surface area contributed by atoms with Crippen LogP contribution in [0.4, 0.5) is 0 Å². The summed E-state index contributed by atoms with van der Waals surface area (Å²) in [7, 11) is -0.515. The number of carbonyl (C=O) groups excluding carboxylic acids is 2. The minimum Gasteiger partial charge on any atom is -0.456 e. The van der Waals surface area contributed by atoms with Crippen molar-refractivity contribution in [2.75, 3.05) is 27.2 Å². The first-order valence-electron chi connectivity index (χ1n) is 8.14. The molecule has 0 fully saturated rings. The molecule has 8 heteroatoms. The standard InChI is InChI=1S/C18H22N2O5S/c1-20(2)17(21)13-25-18(22)8-5-11-19-26(23,24)16-10-9-14-6-3-4-7-15(14)12-16/h3-4,6-7,9-10,12,19H,5,8,11,13H2,1-2H3. The Bertz CT molecular complexity index is 893. The van der Waals surface area contributed by atoms with Crippen molar-refractivity contribution in [2.24, 2.45) is 0 Å². The summed E-state index contributed by atoms with van der Waals surface area (Å²) in [4.78, 5) is 24.4. The number of ether oxygens (including phenoxy) is 1. The zero-order valence-electron chi connectivity index (χ0n) is 14.8. The second-order valence-corrected chi connectivity index (χ2v) is 7.73. The number of sulfonamides is 1. The van der Waals surface area contributed by atoms with Gasteiger partial charge < -0.3 is 9.64 Å². The van der Waals surface area contributed by atoms with Gasteiger partial charge in [0.05, 0.1) is 4.90 Å². The third-order valence-corrected chi connectivity index (χ3v) is 5.20. The molecule has 0 unspecified atom stereocenters. The van der Waals surface area contributed by atoms with Crippen molar-refractivity contribution in [1.82, 2.24) is 9.62 Å². The van der Waals surface area contributed by atoms with Crippen molar-refractivity contribution in [2.45, 2.75) is 17.7 Å². The van der Waals surface area contributed by atoms with Crippen molar-refractivity contribution in [3.05, 3.63) is 42.5 Å². The SMILES string of the molecule is CN(C)C(=O)COC(=O)CCCNS(=O)(=O)c1ccc2ccccc2c1. The van der Waals surface area contributed by atoms with Crippen molar-refractivity contribution in [3.63, 3.8) is 0 Å². The highest BCUT2D eigenvalue weighted by Gasteiger charge is 2.14. The number of esters is 1. The minimum absolute atomic E-state index is 0.0287. The first-order chi connectivity index (χ1) is 12.3. The van der Waals surface area contributed by atoms with Gasteiger partial charge in [-0.2, -0.15) is 0 Å². The predicted octanol–water partition coefficient (Wildman–Crippen LogP) is 1.53. The molecule has 0 aliphatic rings. The third-order valence-electron chi connectivity index (χ3n) is 3.74. The maximum atomic E-state index is 12.3. The number of nitrogens with one attached hydrogen (secondary N) is 1. The molecule has 2 rings (SSSR count). The fourth-order valence-corrected chi connectivity index (χ4v) is 3.31. The highest BCUT2D eigenvalue weighted by atomic mass is 32.2. The molecule has 0 radical (unpaired) electrons. The van der Waals surface area contributed by atoms with E-state index in [1.165, 1.54) is 4.90 Å². The Morgan fingerprint density at radius 1 is 1.08 bits per heavy atom. The lowest BCUT2D eigenvalue weighted by Crippen LogP contribution is -2.28. The number of fused-ring (bicyclic) bond motifs is 1. The van der Waals surface area contributed by atoms with Gasteiger partial charge >= 0.3 is 5.97 Å². The van der Waals surface area contributed by atoms with Gasteiger partial charge in [0, 0.05) is 27.1 Å². The predicted molar refractivity (Wildman–Crippen MR) is 98.0 cm³/mol. The number of amides is 1. The molecule has 0 aliphatic heterocycles. The molecule has 1 N–H and O–H groups in total. The molecule has 26 heavy (non-hydrogen) atoms. The van der Waals surface area contributed by atoms with Gasteiger partial charge in [-0.1, -0.05) is 30.3 Å². The molecule has 2 aromatic rings. The zero-order valence-corrected chi connectivity index (χ0v) is 15.6. The summed E-state index contributed by atoms with van der Waals surface area (Å²) in [5.74, 6) is -0.847. The molecular formula is C18H22N2O5S. The molecule has 0 saturated heterocycles. The van der Waals surface area contributed by atoms with Crippen LogP contribution >= 0.6 is 0 Å². The van der Waals surface area contributed by atoms with Crippen LogP contribution < -0.4 is 4.72 Å². The molecule has 0 aromatic heterocycles. The number of likely N-dealkylation sites (N-methyl/N-ethyl adjacent to an activating group) is 1. The Hall–Kier alpha value is -2.45. The van der Waals surface area contributed by atoms with Gasteiger partial charge in [0.15, 0.2) is 6.61 Å². The number of hydrogen-bond donors (Lipinski definition) is 1. The highest BCUT2D eigenvalue weighted by Crippen LogP contribution is 2.18. The van der Waals surface area contributed by atoms with E-state index in [1.54, 1.807) is 32.3 Å². The monoisotopic (exact) mass is 378 g/mol. The largest absolute Gasteiger partial charge is 0.456 e. The van der Waals surface area contributed by atoms with Crippen molar-refractivity contribution < 1.29 is 22.7 Å². The second kappa shape index (κ2) is 8.77. The number of nitrogens with zero attached hydrogens (tertiary/aromatic N) is 1. The maximum Gasteiger partial charge on any atom is 0.306 e. The zero-order chi connectivity index (χ0) is 19.2. The fraction of sp³-hybridized carbons (Fsp3) is 0.333. The average Bonchev–Trinajstić information content (AvgIpc) is 2.62. The Morgan fingerprint density at radius 2 is 1.77 bits per heavy atom. The first kappa shape index (κ1) is 19.9. The lowest BCUT2D eigenvalue weighted by Gasteiger charge is -2.10. The van der Waals surface area contributed by atoms with Crippen LogP contribution in [0.1, 0.15) is 12.8 Å². The fourth-order valence-electron chi connectivity index (χ4n) is 2.20. The lowest BCUT2D eigenvalue weighted by atomic mass is 10.1. The molecule has 0 saturated carbocycles. The van der Waals surface area contributed by atoms with Crippen molar-refractivity contribution >= 4 is 32.7 Å². The van der Waals surface area contributed by atoms with E-state index in [0.29, 0.717) is 0 Å². The normalized spacial score (nSPS) is 11.3. The summed E-state index contributed by atoms with van der Waals surface area (Å²) in [6, 6.07) is 12.4. The summed E-state index contributed by atoms with van der Waals surface area (Å²) in [6.45, 7) is -0.208. The molecule has 1 amide bonds. The molecule has 0 heterocycles. The Balaban J connectivity index is 1.82. The average molecular weight is 378 g/mol. The van der Waals surface area contributed by atoms with E-state index in [9.17, 15) is 18.0 Å². The highest BCUT2D eigenvalue weighted by molar-refractivity contribution is 7.89. The number of hydrogen-bond acceptors (Lipinski definition) is 5. The Morgan fingerprint density at radius 3 is 2.46 bits per heavy atom. The lowest BCUT2D eigenvalue weighted by molar-refractivity contribution is -0.151. The van der Waals surface area contributed by atoms with Gasteiger partial charge in [0.2, 0.25) is 10.0 Å². The van der Waals surface area contributed by atoms with Crippen LogP contribution in [0.15, 0.2) is 47.4 Å². The van der Waals surface area contributed by atoms with Crippen LogP contribution in [0.2, 0.25) is 0 Å². The van der Waals surface area contributed by atoms with Gasteiger partial charge in [-0.3, -0.25) is 9.59 Å². The van der Waals surface area contributed by atoms with E-state index in [0.717, 1.165) is 10.8 Å². The van der Waals surface area contributed by atoms with Crippen LogP contribution in [-0.2, 0) is 24.3 Å². The van der Waals surface area contributed by atoms with E-state index in [4.69, 9.17) is 4.74 Å².